The zero-order valence-corrected chi connectivity index (χ0v) is 14.7. The molecule has 1 aromatic rings. The van der Waals surface area contributed by atoms with Crippen LogP contribution in [0.4, 0.5) is 5.69 Å². The molecular formula is C19H31N3. The van der Waals surface area contributed by atoms with Crippen molar-refractivity contribution >= 4 is 5.69 Å². The second kappa shape index (κ2) is 5.86. The van der Waals surface area contributed by atoms with Crippen molar-refractivity contribution in [2.24, 2.45) is 5.73 Å². The Morgan fingerprint density at radius 2 is 1.73 bits per heavy atom. The molecule has 0 amide bonds. The van der Waals surface area contributed by atoms with E-state index in [-0.39, 0.29) is 5.54 Å². The Labute approximate surface area is 135 Å². The number of hydrogen-bond acceptors (Lipinski definition) is 3. The summed E-state index contributed by atoms with van der Waals surface area (Å²) in [5.74, 6) is 0. The average Bonchev–Trinajstić information content (AvgIpc) is 2.47. The summed E-state index contributed by atoms with van der Waals surface area (Å²) in [6.07, 6.45) is 3.33. The van der Waals surface area contributed by atoms with Crippen molar-refractivity contribution in [3.8, 4) is 0 Å². The number of rotatable bonds is 1. The first-order chi connectivity index (χ1) is 10.4. The van der Waals surface area contributed by atoms with Crippen molar-refractivity contribution in [1.29, 1.82) is 0 Å². The second-order valence-corrected chi connectivity index (χ2v) is 8.01. The Kier molecular flexibility index (Phi) is 4.21. The fraction of sp³-hybridized carbons (Fsp3) is 0.684. The molecule has 1 atom stereocenters. The first-order valence-electron chi connectivity index (χ1n) is 8.73. The van der Waals surface area contributed by atoms with E-state index in [1.807, 2.05) is 0 Å². The quantitative estimate of drug-likeness (QED) is 0.866. The molecule has 2 N–H and O–H groups in total. The predicted octanol–water partition coefficient (Wildman–Crippen LogP) is 2.73. The smallest absolute Gasteiger partial charge is 0.0403 e. The third kappa shape index (κ3) is 3.02. The Morgan fingerprint density at radius 1 is 1.05 bits per heavy atom. The number of nitrogens with two attached hydrogens (primary N) is 1. The summed E-state index contributed by atoms with van der Waals surface area (Å²) in [5.41, 5.74) is 12.5. The summed E-state index contributed by atoms with van der Waals surface area (Å²) in [7, 11) is 0. The summed E-state index contributed by atoms with van der Waals surface area (Å²) >= 11 is 0. The van der Waals surface area contributed by atoms with Crippen LogP contribution in [0.5, 0.6) is 0 Å². The van der Waals surface area contributed by atoms with E-state index in [2.05, 4.69) is 49.6 Å². The fourth-order valence-electron chi connectivity index (χ4n) is 3.98. The van der Waals surface area contributed by atoms with Gasteiger partial charge in [-0.15, -0.1) is 0 Å². The Balaban J connectivity index is 1.82. The van der Waals surface area contributed by atoms with Crippen LogP contribution in [-0.2, 0) is 12.8 Å². The monoisotopic (exact) mass is 301 g/mol. The summed E-state index contributed by atoms with van der Waals surface area (Å²) in [4.78, 5) is 5.18. The molecule has 0 bridgehead atoms. The van der Waals surface area contributed by atoms with Gasteiger partial charge in [-0.05, 0) is 69.7 Å². The zero-order valence-electron chi connectivity index (χ0n) is 14.7. The van der Waals surface area contributed by atoms with Crippen LogP contribution >= 0.6 is 0 Å². The van der Waals surface area contributed by atoms with Gasteiger partial charge in [-0.3, -0.25) is 4.90 Å². The lowest BCUT2D eigenvalue weighted by Gasteiger charge is -2.44. The summed E-state index contributed by atoms with van der Waals surface area (Å²) < 4.78 is 0. The minimum Gasteiger partial charge on any atom is -0.369 e. The van der Waals surface area contributed by atoms with Gasteiger partial charge in [-0.2, -0.15) is 0 Å². The Hall–Kier alpha value is -1.06. The highest BCUT2D eigenvalue weighted by atomic mass is 15.3. The number of fused-ring (bicyclic) bond motifs is 1. The molecule has 1 aliphatic carbocycles. The maximum absolute atomic E-state index is 6.25. The molecule has 122 valence electrons. The van der Waals surface area contributed by atoms with Crippen LogP contribution in [0, 0.1) is 6.92 Å². The van der Waals surface area contributed by atoms with E-state index in [1.165, 1.54) is 16.8 Å². The number of hydrogen-bond donors (Lipinski definition) is 1. The molecule has 1 saturated heterocycles. The van der Waals surface area contributed by atoms with Crippen molar-refractivity contribution in [3.63, 3.8) is 0 Å². The highest BCUT2D eigenvalue weighted by Crippen LogP contribution is 2.33. The Morgan fingerprint density at radius 3 is 2.36 bits per heavy atom. The van der Waals surface area contributed by atoms with Crippen LogP contribution in [0.15, 0.2) is 12.1 Å². The normalized spacial score (nSPS) is 23.5. The van der Waals surface area contributed by atoms with Crippen LogP contribution in [0.3, 0.4) is 0 Å². The number of piperazine rings is 1. The maximum Gasteiger partial charge on any atom is 0.0403 e. The molecule has 3 nitrogen and oxygen atoms in total. The fourth-order valence-corrected chi connectivity index (χ4v) is 3.98. The zero-order chi connectivity index (χ0) is 15.9. The number of anilines is 1. The van der Waals surface area contributed by atoms with Crippen LogP contribution in [0.1, 0.15) is 43.9 Å². The van der Waals surface area contributed by atoms with Crippen LogP contribution in [-0.4, -0.2) is 42.7 Å². The van der Waals surface area contributed by atoms with Gasteiger partial charge in [0.2, 0.25) is 0 Å². The molecule has 0 aromatic heterocycles. The molecule has 0 radical (unpaired) electrons. The molecule has 0 saturated carbocycles. The number of nitrogens with zero attached hydrogens (tertiary/aromatic N) is 2. The molecule has 0 spiro atoms. The molecule has 1 aliphatic heterocycles. The molecular weight excluding hydrogens is 270 g/mol. The van der Waals surface area contributed by atoms with Crippen LogP contribution in [0.25, 0.3) is 0 Å². The molecule has 1 aromatic carbocycles. The lowest BCUT2D eigenvalue weighted by Crippen LogP contribution is -2.53. The van der Waals surface area contributed by atoms with E-state index in [0.29, 0.717) is 6.04 Å². The number of aryl methyl sites for hydroxylation is 1. The highest BCUT2D eigenvalue weighted by molar-refractivity contribution is 5.60. The van der Waals surface area contributed by atoms with Gasteiger partial charge >= 0.3 is 0 Å². The van der Waals surface area contributed by atoms with E-state index >= 15 is 0 Å². The highest BCUT2D eigenvalue weighted by Gasteiger charge is 2.28. The van der Waals surface area contributed by atoms with Crippen molar-refractivity contribution in [1.82, 2.24) is 4.90 Å². The summed E-state index contributed by atoms with van der Waals surface area (Å²) in [6.45, 7) is 13.7. The standard InChI is InChI=1S/C19H31N3/c1-14-5-8-18(17-13-15(20)6-7-16(14)17)21-9-11-22(12-10-21)19(2,3)4/h5,8,15H,6-7,9-13,20H2,1-4H3/t15-/m1/s1. The first-order valence-corrected chi connectivity index (χ1v) is 8.73. The van der Waals surface area contributed by atoms with Crippen molar-refractivity contribution < 1.29 is 0 Å². The third-order valence-corrected chi connectivity index (χ3v) is 5.44. The van der Waals surface area contributed by atoms with Gasteiger partial charge in [-0.1, -0.05) is 6.07 Å². The van der Waals surface area contributed by atoms with Crippen molar-refractivity contribution in [2.45, 2.75) is 58.5 Å². The van der Waals surface area contributed by atoms with Crippen LogP contribution < -0.4 is 10.6 Å². The minimum atomic E-state index is 0.279. The predicted molar refractivity (Wildman–Crippen MR) is 94.7 cm³/mol. The van der Waals surface area contributed by atoms with E-state index in [1.54, 1.807) is 5.56 Å². The van der Waals surface area contributed by atoms with Gasteiger partial charge < -0.3 is 10.6 Å². The Bertz CT molecular complexity index is 536. The topological polar surface area (TPSA) is 32.5 Å². The molecule has 0 unspecified atom stereocenters. The van der Waals surface area contributed by atoms with Gasteiger partial charge in [0.15, 0.2) is 0 Å². The van der Waals surface area contributed by atoms with Gasteiger partial charge in [0.1, 0.15) is 0 Å². The second-order valence-electron chi connectivity index (χ2n) is 8.01. The van der Waals surface area contributed by atoms with Crippen molar-refractivity contribution in [2.75, 3.05) is 31.1 Å². The van der Waals surface area contributed by atoms with Gasteiger partial charge in [-0.25, -0.2) is 0 Å². The molecule has 1 heterocycles. The largest absolute Gasteiger partial charge is 0.369 e. The van der Waals surface area contributed by atoms with E-state index < -0.39 is 0 Å². The molecule has 1 fully saturated rings. The van der Waals surface area contributed by atoms with Gasteiger partial charge in [0.05, 0.1) is 0 Å². The van der Waals surface area contributed by atoms with Gasteiger partial charge in [0, 0.05) is 43.4 Å². The number of benzene rings is 1. The molecule has 3 heteroatoms. The lowest BCUT2D eigenvalue weighted by molar-refractivity contribution is 0.128. The van der Waals surface area contributed by atoms with E-state index in [0.717, 1.165) is 45.4 Å². The van der Waals surface area contributed by atoms with Crippen LogP contribution in [0.2, 0.25) is 0 Å². The third-order valence-electron chi connectivity index (χ3n) is 5.44. The average molecular weight is 301 g/mol. The minimum absolute atomic E-state index is 0.279. The summed E-state index contributed by atoms with van der Waals surface area (Å²) in [5, 5.41) is 0. The maximum atomic E-state index is 6.25. The van der Waals surface area contributed by atoms with Gasteiger partial charge in [0.25, 0.3) is 0 Å². The molecule has 3 rings (SSSR count). The lowest BCUT2D eigenvalue weighted by atomic mass is 9.84. The van der Waals surface area contributed by atoms with E-state index in [4.69, 9.17) is 5.73 Å². The SMILES string of the molecule is Cc1ccc(N2CCN(C(C)(C)C)CC2)c2c1CC[C@@H](N)C2. The van der Waals surface area contributed by atoms with E-state index in [9.17, 15) is 0 Å². The first kappa shape index (κ1) is 15.8. The molecule has 2 aliphatic rings. The molecule has 22 heavy (non-hydrogen) atoms. The summed E-state index contributed by atoms with van der Waals surface area (Å²) in [6, 6.07) is 4.98. The van der Waals surface area contributed by atoms with Crippen molar-refractivity contribution in [3.05, 3.63) is 28.8 Å².